The first-order chi connectivity index (χ1) is 13.0. The number of benzene rings is 1. The Morgan fingerprint density at radius 3 is 2.70 bits per heavy atom. The number of amides is 1. The zero-order chi connectivity index (χ0) is 19.2. The lowest BCUT2D eigenvalue weighted by molar-refractivity contribution is -0.137. The average Bonchev–Trinajstić information content (AvgIpc) is 3.04. The molecule has 3 N–H and O–H groups in total. The molecule has 0 saturated carbocycles. The molecule has 0 radical (unpaired) electrons. The van der Waals surface area contributed by atoms with Crippen molar-refractivity contribution >= 4 is 39.2 Å². The molecule has 0 spiro atoms. The normalized spacial score (nSPS) is 10.7. The topological polar surface area (TPSA) is 104 Å². The Morgan fingerprint density at radius 2 is 1.96 bits per heavy atom. The lowest BCUT2D eigenvalue weighted by Crippen LogP contribution is -2.24. The van der Waals surface area contributed by atoms with Gasteiger partial charge >= 0.3 is 5.97 Å². The molecule has 7 nitrogen and oxygen atoms in total. The molecular formula is C19H20N4O3S. The summed E-state index contributed by atoms with van der Waals surface area (Å²) in [5.74, 6) is -0.268. The van der Waals surface area contributed by atoms with Gasteiger partial charge in [0.2, 0.25) is 0 Å². The number of anilines is 1. The van der Waals surface area contributed by atoms with Gasteiger partial charge in [0.25, 0.3) is 5.91 Å². The third-order valence-corrected chi connectivity index (χ3v) is 4.94. The minimum atomic E-state index is -0.861. The van der Waals surface area contributed by atoms with E-state index >= 15 is 0 Å². The Labute approximate surface area is 160 Å². The van der Waals surface area contributed by atoms with Crippen LogP contribution in [0.15, 0.2) is 36.7 Å². The molecule has 1 amide bonds. The molecule has 0 saturated heterocycles. The Kier molecular flexibility index (Phi) is 5.97. The number of carboxylic acid groups (broad SMARTS) is 1. The van der Waals surface area contributed by atoms with Gasteiger partial charge in [-0.15, -0.1) is 11.3 Å². The lowest BCUT2D eigenvalue weighted by Gasteiger charge is -2.08. The Balaban J connectivity index is 1.56. The van der Waals surface area contributed by atoms with E-state index in [-0.39, 0.29) is 12.3 Å². The van der Waals surface area contributed by atoms with Gasteiger partial charge in [0.1, 0.15) is 17.0 Å². The van der Waals surface area contributed by atoms with Gasteiger partial charge in [-0.05, 0) is 37.1 Å². The maximum Gasteiger partial charge on any atom is 0.303 e. The number of carboxylic acids is 1. The second-order valence-electron chi connectivity index (χ2n) is 6.10. The van der Waals surface area contributed by atoms with Crippen LogP contribution >= 0.6 is 11.3 Å². The number of fused-ring (bicyclic) bond motifs is 1. The highest BCUT2D eigenvalue weighted by Gasteiger charge is 2.08. The summed E-state index contributed by atoms with van der Waals surface area (Å²) in [5, 5.41) is 15.6. The van der Waals surface area contributed by atoms with Crippen molar-refractivity contribution in [2.45, 2.75) is 26.3 Å². The molecule has 2 aromatic heterocycles. The van der Waals surface area contributed by atoms with E-state index in [0.717, 1.165) is 21.6 Å². The van der Waals surface area contributed by atoms with E-state index in [9.17, 15) is 9.59 Å². The summed E-state index contributed by atoms with van der Waals surface area (Å²) >= 11 is 1.63. The highest BCUT2D eigenvalue weighted by molar-refractivity contribution is 7.18. The highest BCUT2D eigenvalue weighted by Crippen LogP contribution is 2.27. The van der Waals surface area contributed by atoms with Gasteiger partial charge in [-0.3, -0.25) is 9.59 Å². The van der Waals surface area contributed by atoms with Crippen LogP contribution in [0.5, 0.6) is 0 Å². The standard InChI is InChI=1S/C19H20N4O3S/c1-12-9-15-17(22-11-23-19(15)27-12)21-10-13-4-6-14(7-5-13)18(26)20-8-2-3-16(24)25/h4-7,9,11H,2-3,8,10H2,1H3,(H,20,26)(H,24,25)(H,21,22,23). The number of aryl methyl sites for hydroxylation is 1. The third-order valence-electron chi connectivity index (χ3n) is 3.98. The lowest BCUT2D eigenvalue weighted by atomic mass is 10.1. The fourth-order valence-electron chi connectivity index (χ4n) is 2.62. The van der Waals surface area contributed by atoms with Crippen molar-refractivity contribution in [1.29, 1.82) is 0 Å². The molecule has 0 unspecified atom stereocenters. The first-order valence-electron chi connectivity index (χ1n) is 8.57. The van der Waals surface area contributed by atoms with Crippen LogP contribution in [0.3, 0.4) is 0 Å². The van der Waals surface area contributed by atoms with Crippen molar-refractivity contribution < 1.29 is 14.7 Å². The molecule has 0 aliphatic rings. The number of hydrogen-bond donors (Lipinski definition) is 3. The van der Waals surface area contributed by atoms with Crippen molar-refractivity contribution in [2.75, 3.05) is 11.9 Å². The largest absolute Gasteiger partial charge is 0.481 e. The highest BCUT2D eigenvalue weighted by atomic mass is 32.1. The van der Waals surface area contributed by atoms with E-state index in [1.54, 1.807) is 29.8 Å². The molecule has 140 valence electrons. The third kappa shape index (κ3) is 5.01. The van der Waals surface area contributed by atoms with Gasteiger partial charge in [0.05, 0.1) is 5.39 Å². The summed E-state index contributed by atoms with van der Waals surface area (Å²) in [7, 11) is 0. The van der Waals surface area contributed by atoms with Crippen LogP contribution < -0.4 is 10.6 Å². The maximum absolute atomic E-state index is 12.0. The van der Waals surface area contributed by atoms with Gasteiger partial charge in [0, 0.05) is 30.0 Å². The van der Waals surface area contributed by atoms with E-state index in [2.05, 4.69) is 26.7 Å². The fraction of sp³-hybridized carbons (Fsp3) is 0.263. The number of carbonyl (C=O) groups excluding carboxylic acids is 1. The van der Waals surface area contributed by atoms with E-state index in [4.69, 9.17) is 5.11 Å². The van der Waals surface area contributed by atoms with E-state index in [1.807, 2.05) is 19.1 Å². The van der Waals surface area contributed by atoms with Crippen molar-refractivity contribution in [3.8, 4) is 0 Å². The summed E-state index contributed by atoms with van der Waals surface area (Å²) in [5.41, 5.74) is 1.57. The van der Waals surface area contributed by atoms with Crippen LogP contribution in [0.2, 0.25) is 0 Å². The van der Waals surface area contributed by atoms with Crippen molar-refractivity contribution in [3.05, 3.63) is 52.7 Å². The van der Waals surface area contributed by atoms with E-state index in [0.29, 0.717) is 25.1 Å². The molecule has 3 rings (SSSR count). The molecule has 0 aliphatic carbocycles. The summed E-state index contributed by atoms with van der Waals surface area (Å²) in [4.78, 5) is 33.2. The summed E-state index contributed by atoms with van der Waals surface area (Å²) in [6, 6.07) is 9.36. The van der Waals surface area contributed by atoms with Crippen LogP contribution in [0.25, 0.3) is 10.2 Å². The quantitative estimate of drug-likeness (QED) is 0.515. The summed E-state index contributed by atoms with van der Waals surface area (Å²) < 4.78 is 0. The van der Waals surface area contributed by atoms with Crippen molar-refractivity contribution in [3.63, 3.8) is 0 Å². The SMILES string of the molecule is Cc1cc2c(NCc3ccc(C(=O)NCCCC(=O)O)cc3)ncnc2s1. The molecule has 27 heavy (non-hydrogen) atoms. The molecular weight excluding hydrogens is 364 g/mol. The van der Waals surface area contributed by atoms with Crippen LogP contribution in [0.4, 0.5) is 5.82 Å². The second kappa shape index (κ2) is 8.59. The number of carbonyl (C=O) groups is 2. The van der Waals surface area contributed by atoms with Crippen LogP contribution in [0, 0.1) is 6.92 Å². The van der Waals surface area contributed by atoms with Gasteiger partial charge in [-0.25, -0.2) is 9.97 Å². The summed E-state index contributed by atoms with van der Waals surface area (Å²) in [6.45, 7) is 2.97. The molecule has 0 fully saturated rings. The van der Waals surface area contributed by atoms with Crippen molar-refractivity contribution in [1.82, 2.24) is 15.3 Å². The smallest absolute Gasteiger partial charge is 0.303 e. The van der Waals surface area contributed by atoms with Crippen LogP contribution in [-0.2, 0) is 11.3 Å². The van der Waals surface area contributed by atoms with Crippen LogP contribution in [0.1, 0.15) is 33.6 Å². The zero-order valence-electron chi connectivity index (χ0n) is 14.9. The second-order valence-corrected chi connectivity index (χ2v) is 7.34. The maximum atomic E-state index is 12.0. The Bertz CT molecular complexity index is 953. The zero-order valence-corrected chi connectivity index (χ0v) is 15.7. The predicted octanol–water partition coefficient (Wildman–Crippen LogP) is 3.21. The number of nitrogens with one attached hydrogen (secondary N) is 2. The minimum Gasteiger partial charge on any atom is -0.481 e. The number of thiophene rings is 1. The Hall–Kier alpha value is -3.00. The van der Waals surface area contributed by atoms with Gasteiger partial charge in [-0.2, -0.15) is 0 Å². The van der Waals surface area contributed by atoms with Crippen LogP contribution in [-0.4, -0.2) is 33.5 Å². The van der Waals surface area contributed by atoms with Gasteiger partial charge in [-0.1, -0.05) is 12.1 Å². The first kappa shape index (κ1) is 18.8. The molecule has 2 heterocycles. The minimum absolute atomic E-state index is 0.0465. The number of nitrogens with zero attached hydrogens (tertiary/aromatic N) is 2. The van der Waals surface area contributed by atoms with Gasteiger partial charge in [0.15, 0.2) is 0 Å². The average molecular weight is 384 g/mol. The predicted molar refractivity (Wildman–Crippen MR) is 105 cm³/mol. The first-order valence-corrected chi connectivity index (χ1v) is 9.38. The Morgan fingerprint density at radius 1 is 1.19 bits per heavy atom. The van der Waals surface area contributed by atoms with E-state index in [1.165, 1.54) is 4.88 Å². The molecule has 0 bridgehead atoms. The molecule has 3 aromatic rings. The molecule has 8 heteroatoms. The number of aromatic nitrogens is 2. The molecule has 0 atom stereocenters. The summed E-state index contributed by atoms with van der Waals surface area (Å²) in [6.07, 6.45) is 2.02. The fourth-order valence-corrected chi connectivity index (χ4v) is 3.47. The monoisotopic (exact) mass is 384 g/mol. The molecule has 1 aromatic carbocycles. The number of rotatable bonds is 8. The van der Waals surface area contributed by atoms with Crippen molar-refractivity contribution in [2.24, 2.45) is 0 Å². The molecule has 0 aliphatic heterocycles. The van der Waals surface area contributed by atoms with Gasteiger partial charge < -0.3 is 15.7 Å². The van der Waals surface area contributed by atoms with E-state index < -0.39 is 5.97 Å². The number of aliphatic carboxylic acids is 1. The number of hydrogen-bond acceptors (Lipinski definition) is 6.